The quantitative estimate of drug-likeness (QED) is 0.0605. The Bertz CT molecular complexity index is 1570. The van der Waals surface area contributed by atoms with Gasteiger partial charge in [-0.25, -0.2) is 0 Å². The lowest BCUT2D eigenvalue weighted by Crippen LogP contribution is -2.65. The molecule has 4 saturated carbocycles. The predicted molar refractivity (Wildman–Crippen MR) is 226 cm³/mol. The number of carbonyl (C=O) groups is 5. The van der Waals surface area contributed by atoms with Crippen LogP contribution in [0.2, 0.25) is 0 Å². The van der Waals surface area contributed by atoms with Crippen LogP contribution in [0.4, 0.5) is 0 Å². The van der Waals surface area contributed by atoms with Gasteiger partial charge in [0.1, 0.15) is 12.1 Å². The molecule has 0 aromatic rings. The second-order valence-electron chi connectivity index (χ2n) is 21.6. The van der Waals surface area contributed by atoms with Crippen molar-refractivity contribution in [2.45, 2.75) is 202 Å². The number of hydrogen-bond donors (Lipinski definition) is 4. The number of carboxylic acid groups (broad SMARTS) is 2. The molecule has 328 valence electrons. The largest absolute Gasteiger partial charge is 0.481 e. The predicted octanol–water partition coefficient (Wildman–Crippen LogP) is 9.78. The fraction of sp³-hybridized carbons (Fsp3) is 0.854. The average Bonchev–Trinajstić information content (AvgIpc) is 3.14. The monoisotopic (exact) mass is 811 g/mol. The Morgan fingerprint density at radius 3 is 2.05 bits per heavy atom. The van der Waals surface area contributed by atoms with Crippen molar-refractivity contribution in [1.29, 1.82) is 0 Å². The highest BCUT2D eigenvalue weighted by Gasteiger charge is 2.69. The number of esters is 1. The smallest absolute Gasteiger partial charge is 0.325 e. The van der Waals surface area contributed by atoms with E-state index in [2.05, 4.69) is 65.2 Å². The molecule has 0 radical (unpaired) electrons. The molecule has 58 heavy (non-hydrogen) atoms. The van der Waals surface area contributed by atoms with E-state index < -0.39 is 23.9 Å². The zero-order valence-electron chi connectivity index (χ0n) is 37.4. The van der Waals surface area contributed by atoms with Gasteiger partial charge in [-0.05, 0) is 123 Å². The van der Waals surface area contributed by atoms with E-state index in [9.17, 15) is 24.0 Å². The summed E-state index contributed by atoms with van der Waals surface area (Å²) in [4.78, 5) is 61.1. The number of amides is 2. The molecule has 0 bridgehead atoms. The summed E-state index contributed by atoms with van der Waals surface area (Å²) in [5.41, 5.74) is 1.40. The highest BCUT2D eigenvalue weighted by atomic mass is 16.5. The molecule has 5 aliphatic carbocycles. The van der Waals surface area contributed by atoms with E-state index in [1.54, 1.807) is 5.57 Å². The maximum atomic E-state index is 14.5. The van der Waals surface area contributed by atoms with Crippen molar-refractivity contribution < 1.29 is 38.9 Å². The van der Waals surface area contributed by atoms with Crippen LogP contribution in [-0.2, 0) is 28.7 Å². The Labute approximate surface area is 349 Å². The van der Waals surface area contributed by atoms with Crippen molar-refractivity contribution in [2.24, 2.45) is 50.2 Å². The van der Waals surface area contributed by atoms with E-state index in [-0.39, 0.29) is 69.2 Å². The van der Waals surface area contributed by atoms with Gasteiger partial charge in [-0.1, -0.05) is 98.6 Å². The molecule has 3 unspecified atom stereocenters. The van der Waals surface area contributed by atoms with E-state index >= 15 is 0 Å². The summed E-state index contributed by atoms with van der Waals surface area (Å²) in [7, 11) is 0. The number of ether oxygens (including phenoxy) is 1. The van der Waals surface area contributed by atoms with Gasteiger partial charge in [0, 0.05) is 18.4 Å². The minimum atomic E-state index is -1.02. The number of hydrogen-bond acceptors (Lipinski definition) is 6. The SMILES string of the molecule is C[C@H](NC(=O)CCCCCCCCCCNC(=O)[C@]12CCC(C)(C)CC1C1=CCC3[C@@]4(C)CC[C@H](OC(=O)CCC(=O)O)C(C)(C)C4CC[C@@]3(C)[C@]1(C)CC2)C(=O)O. The number of aliphatic carboxylic acids is 2. The lowest BCUT2D eigenvalue weighted by Gasteiger charge is -2.71. The van der Waals surface area contributed by atoms with E-state index in [4.69, 9.17) is 14.9 Å². The summed E-state index contributed by atoms with van der Waals surface area (Å²) >= 11 is 0. The zero-order valence-corrected chi connectivity index (χ0v) is 37.4. The second kappa shape index (κ2) is 18.0. The van der Waals surface area contributed by atoms with Gasteiger partial charge in [0.2, 0.25) is 11.8 Å². The number of nitrogens with one attached hydrogen (secondary N) is 2. The number of fused-ring (bicyclic) bond motifs is 7. The van der Waals surface area contributed by atoms with Gasteiger partial charge < -0.3 is 25.6 Å². The molecule has 5 aliphatic rings. The van der Waals surface area contributed by atoms with Gasteiger partial charge >= 0.3 is 17.9 Å². The van der Waals surface area contributed by atoms with Crippen molar-refractivity contribution >= 4 is 29.7 Å². The number of allylic oxidation sites excluding steroid dienone is 2. The van der Waals surface area contributed by atoms with Gasteiger partial charge in [0.05, 0.1) is 18.3 Å². The molecule has 4 N–H and O–H groups in total. The molecule has 0 aromatic heterocycles. The minimum absolute atomic E-state index is 0.0153. The third-order valence-corrected chi connectivity index (χ3v) is 17.2. The van der Waals surface area contributed by atoms with Crippen molar-refractivity contribution in [2.75, 3.05) is 6.54 Å². The fourth-order valence-corrected chi connectivity index (χ4v) is 13.5. The molecule has 0 saturated heterocycles. The summed E-state index contributed by atoms with van der Waals surface area (Å²) in [6.07, 6.45) is 20.9. The Hall–Kier alpha value is -2.91. The molecule has 0 aromatic carbocycles. The lowest BCUT2D eigenvalue weighted by atomic mass is 9.33. The number of carboxylic acids is 2. The molecule has 0 aliphatic heterocycles. The first-order valence-electron chi connectivity index (χ1n) is 23.1. The Morgan fingerprint density at radius 2 is 1.40 bits per heavy atom. The summed E-state index contributed by atoms with van der Waals surface area (Å²) in [5, 5.41) is 24.0. The van der Waals surface area contributed by atoms with Crippen LogP contribution in [0.1, 0.15) is 190 Å². The second-order valence-corrected chi connectivity index (χ2v) is 21.6. The van der Waals surface area contributed by atoms with E-state index in [0.717, 1.165) is 122 Å². The molecule has 4 fully saturated rings. The van der Waals surface area contributed by atoms with Crippen LogP contribution in [0.15, 0.2) is 11.6 Å². The van der Waals surface area contributed by atoms with E-state index in [0.29, 0.717) is 18.3 Å². The number of unbranched alkanes of at least 4 members (excludes halogenated alkanes) is 7. The van der Waals surface area contributed by atoms with Gasteiger partial charge in [0.25, 0.3) is 0 Å². The van der Waals surface area contributed by atoms with Crippen molar-refractivity contribution in [3.63, 3.8) is 0 Å². The van der Waals surface area contributed by atoms with Crippen LogP contribution in [0, 0.1) is 50.2 Å². The van der Waals surface area contributed by atoms with Crippen molar-refractivity contribution in [3.8, 4) is 0 Å². The number of carbonyl (C=O) groups excluding carboxylic acids is 3. The topological polar surface area (TPSA) is 159 Å². The van der Waals surface area contributed by atoms with E-state index in [1.165, 1.54) is 6.92 Å². The highest BCUT2D eigenvalue weighted by molar-refractivity contribution is 5.84. The third kappa shape index (κ3) is 9.21. The molecule has 0 heterocycles. The minimum Gasteiger partial charge on any atom is -0.481 e. The first-order chi connectivity index (χ1) is 27.1. The number of rotatable bonds is 18. The molecule has 10 heteroatoms. The maximum absolute atomic E-state index is 14.5. The van der Waals surface area contributed by atoms with Crippen LogP contribution in [-0.4, -0.2) is 58.6 Å². The average molecular weight is 811 g/mol. The fourth-order valence-electron chi connectivity index (χ4n) is 13.5. The molecule has 10 nitrogen and oxygen atoms in total. The molecule has 5 rings (SSSR count). The third-order valence-electron chi connectivity index (χ3n) is 17.2. The zero-order chi connectivity index (χ0) is 42.7. The van der Waals surface area contributed by atoms with Crippen molar-refractivity contribution in [3.05, 3.63) is 11.6 Å². The standard InChI is InChI=1S/C48H78N2O8/c1-32(41(55)56)50-38(51)17-15-13-11-9-10-12-14-16-30-49-42(57)48-28-26-43(2,3)31-34(48)33-18-19-36-45(6)24-23-37(58-40(54)21-20-39(52)53)44(4,5)35(45)22-25-47(36,8)46(33,7)27-29-48/h18,32,34-37H,9-17,19-31H2,1-8H3,(H,49,57)(H,50,51)(H,52,53)(H,55,56)/t32-,34?,35?,36?,37-,45-,46+,47+,48-/m0/s1. The highest BCUT2D eigenvalue weighted by Crippen LogP contribution is 2.76. The maximum Gasteiger partial charge on any atom is 0.325 e. The lowest BCUT2D eigenvalue weighted by molar-refractivity contribution is -0.213. The van der Waals surface area contributed by atoms with E-state index in [1.807, 2.05) is 0 Å². The van der Waals surface area contributed by atoms with Crippen molar-refractivity contribution in [1.82, 2.24) is 10.6 Å². The normalized spacial score (nSPS) is 35.1. The van der Waals surface area contributed by atoms with Gasteiger partial charge in [-0.15, -0.1) is 0 Å². The first-order valence-corrected chi connectivity index (χ1v) is 23.1. The molecule has 0 spiro atoms. The molecule has 9 atom stereocenters. The van der Waals surface area contributed by atoms with Gasteiger partial charge in [-0.3, -0.25) is 24.0 Å². The summed E-state index contributed by atoms with van der Waals surface area (Å²) < 4.78 is 6.04. The first kappa shape index (κ1) is 46.2. The molecular weight excluding hydrogens is 733 g/mol. The van der Waals surface area contributed by atoms with Crippen LogP contribution < -0.4 is 10.6 Å². The Balaban J connectivity index is 1.18. The Kier molecular flexibility index (Phi) is 14.3. The molecular formula is C48H78N2O8. The summed E-state index contributed by atoms with van der Waals surface area (Å²) in [6, 6.07) is -0.851. The summed E-state index contributed by atoms with van der Waals surface area (Å²) in [6.45, 7) is 19.2. The molecule has 2 amide bonds. The van der Waals surface area contributed by atoms with Gasteiger partial charge in [0.15, 0.2) is 0 Å². The van der Waals surface area contributed by atoms with Crippen LogP contribution in [0.25, 0.3) is 0 Å². The van der Waals surface area contributed by atoms with Crippen LogP contribution in [0.3, 0.4) is 0 Å². The van der Waals surface area contributed by atoms with Crippen LogP contribution in [0.5, 0.6) is 0 Å². The van der Waals surface area contributed by atoms with Gasteiger partial charge in [-0.2, -0.15) is 0 Å². The Morgan fingerprint density at radius 1 is 0.759 bits per heavy atom. The van der Waals surface area contributed by atoms with Crippen LogP contribution >= 0.6 is 0 Å². The summed E-state index contributed by atoms with van der Waals surface area (Å²) in [5.74, 6) is -1.17.